The molecule has 11 aromatic rings. The van der Waals surface area contributed by atoms with Crippen LogP contribution in [0.4, 0.5) is 17.1 Å². The van der Waals surface area contributed by atoms with E-state index in [2.05, 4.69) is 254 Å². The molecule has 0 fully saturated rings. The second-order valence-corrected chi connectivity index (χ2v) is 18.8. The summed E-state index contributed by atoms with van der Waals surface area (Å²) >= 11 is 0. The number of aromatic nitrogens is 3. The summed E-state index contributed by atoms with van der Waals surface area (Å²) in [6.07, 6.45) is 2.20. The predicted octanol–water partition coefficient (Wildman–Crippen LogP) is 15.9. The Kier molecular flexibility index (Phi) is 8.59. The Labute approximate surface area is 363 Å². The molecule has 0 aliphatic carbocycles. The molecule has 0 bridgehead atoms. The third kappa shape index (κ3) is 6.12. The van der Waals surface area contributed by atoms with E-state index in [4.69, 9.17) is 0 Å². The van der Waals surface area contributed by atoms with Crippen molar-refractivity contribution in [3.05, 3.63) is 205 Å². The van der Waals surface area contributed by atoms with E-state index in [9.17, 15) is 0 Å². The second kappa shape index (κ2) is 14.1. The fourth-order valence-electron chi connectivity index (χ4n) is 9.58. The molecular weight excluding hydrogens is 753 g/mol. The number of para-hydroxylation sites is 3. The summed E-state index contributed by atoms with van der Waals surface area (Å²) < 4.78 is 7.19. The average molecular weight is 803 g/mol. The van der Waals surface area contributed by atoms with Crippen LogP contribution in [0, 0.1) is 0 Å². The van der Waals surface area contributed by atoms with E-state index in [-0.39, 0.29) is 10.8 Å². The van der Waals surface area contributed by atoms with Crippen LogP contribution in [-0.2, 0) is 10.8 Å². The van der Waals surface area contributed by atoms with Crippen LogP contribution in [0.25, 0.3) is 71.6 Å². The molecule has 4 nitrogen and oxygen atoms in total. The predicted molar refractivity (Wildman–Crippen MR) is 264 cm³/mol. The van der Waals surface area contributed by atoms with Gasteiger partial charge in [0, 0.05) is 67.3 Å². The first-order valence-electron chi connectivity index (χ1n) is 21.8. The Balaban J connectivity index is 1.11. The molecule has 0 saturated heterocycles. The van der Waals surface area contributed by atoms with Crippen LogP contribution in [-0.4, -0.2) is 13.7 Å². The van der Waals surface area contributed by atoms with Crippen LogP contribution >= 0.6 is 0 Å². The van der Waals surface area contributed by atoms with Gasteiger partial charge in [-0.2, -0.15) is 0 Å². The van der Waals surface area contributed by atoms with Crippen molar-refractivity contribution in [3.63, 3.8) is 0 Å². The Hall–Kier alpha value is -7.30. The van der Waals surface area contributed by atoms with E-state index in [1.54, 1.807) is 0 Å². The second-order valence-electron chi connectivity index (χ2n) is 18.8. The van der Waals surface area contributed by atoms with Gasteiger partial charge in [-0.05, 0) is 119 Å². The first kappa shape index (κ1) is 37.7. The third-order valence-corrected chi connectivity index (χ3v) is 12.8. The molecule has 0 spiro atoms. The van der Waals surface area contributed by atoms with Gasteiger partial charge in [0.1, 0.15) is 0 Å². The van der Waals surface area contributed by atoms with Crippen molar-refractivity contribution in [1.29, 1.82) is 0 Å². The zero-order valence-electron chi connectivity index (χ0n) is 36.3. The van der Waals surface area contributed by atoms with E-state index < -0.39 is 0 Å². The molecule has 302 valence electrons. The molecule has 0 saturated carbocycles. The van der Waals surface area contributed by atoms with Crippen molar-refractivity contribution < 1.29 is 0 Å². The maximum Gasteiger partial charge on any atom is 0.0628 e. The van der Waals surface area contributed by atoms with Crippen molar-refractivity contribution in [1.82, 2.24) is 13.7 Å². The van der Waals surface area contributed by atoms with E-state index >= 15 is 0 Å². The Morgan fingerprint density at radius 3 is 1.63 bits per heavy atom. The maximum atomic E-state index is 2.44. The molecule has 0 amide bonds. The quantitative estimate of drug-likeness (QED) is 0.164. The summed E-state index contributed by atoms with van der Waals surface area (Å²) in [5.41, 5.74) is 15.5. The molecule has 0 aliphatic heterocycles. The van der Waals surface area contributed by atoms with Gasteiger partial charge in [-0.15, -0.1) is 0 Å². The van der Waals surface area contributed by atoms with Crippen LogP contribution in [0.3, 0.4) is 0 Å². The highest BCUT2D eigenvalue weighted by molar-refractivity contribution is 6.21. The average Bonchev–Trinajstić information content (AvgIpc) is 3.97. The van der Waals surface area contributed by atoms with Crippen molar-refractivity contribution in [3.8, 4) is 17.1 Å². The maximum absolute atomic E-state index is 2.44. The minimum Gasteiger partial charge on any atom is -0.316 e. The molecule has 0 atom stereocenters. The minimum absolute atomic E-state index is 0.0391. The standard InChI is InChI=1S/C58H50N4/c1-57(2,3)40-24-28-43(29-25-40)60(47-32-34-53-50(38-47)48-19-10-12-21-51(48)61(53)44-30-26-41(27-31-44)58(4,5)6)45-17-14-18-46(37-45)62-52-22-13-11-20-49(52)55-54(62)33-23-39-35-36-59(56(39)55)42-15-8-7-9-16-42/h7-38H,1-6H3. The molecule has 3 aromatic heterocycles. The van der Waals surface area contributed by atoms with Gasteiger partial charge in [0.2, 0.25) is 0 Å². The molecule has 0 radical (unpaired) electrons. The topological polar surface area (TPSA) is 18.0 Å². The first-order valence-corrected chi connectivity index (χ1v) is 21.8. The normalized spacial score (nSPS) is 12.4. The monoisotopic (exact) mass is 802 g/mol. The van der Waals surface area contributed by atoms with Gasteiger partial charge in [0.05, 0.1) is 27.6 Å². The van der Waals surface area contributed by atoms with Crippen LogP contribution in [0.5, 0.6) is 0 Å². The van der Waals surface area contributed by atoms with Gasteiger partial charge < -0.3 is 18.6 Å². The van der Waals surface area contributed by atoms with E-state index in [0.29, 0.717) is 0 Å². The van der Waals surface area contributed by atoms with Gasteiger partial charge in [-0.3, -0.25) is 0 Å². The summed E-state index contributed by atoms with van der Waals surface area (Å²) in [7, 11) is 0. The Bertz CT molecular complexity index is 3460. The van der Waals surface area contributed by atoms with Crippen molar-refractivity contribution >= 4 is 71.6 Å². The molecule has 4 heteroatoms. The highest BCUT2D eigenvalue weighted by Crippen LogP contribution is 2.43. The van der Waals surface area contributed by atoms with Crippen LogP contribution < -0.4 is 4.90 Å². The zero-order valence-corrected chi connectivity index (χ0v) is 36.3. The van der Waals surface area contributed by atoms with Crippen LogP contribution in [0.15, 0.2) is 194 Å². The van der Waals surface area contributed by atoms with E-state index in [1.165, 1.54) is 71.3 Å². The molecule has 3 heterocycles. The molecule has 62 heavy (non-hydrogen) atoms. The largest absolute Gasteiger partial charge is 0.316 e. The molecule has 0 unspecified atom stereocenters. The summed E-state index contributed by atoms with van der Waals surface area (Å²) in [4.78, 5) is 2.42. The summed E-state index contributed by atoms with van der Waals surface area (Å²) in [6.45, 7) is 13.6. The van der Waals surface area contributed by atoms with E-state index in [0.717, 1.165) is 28.4 Å². The van der Waals surface area contributed by atoms with Crippen LogP contribution in [0.2, 0.25) is 0 Å². The summed E-state index contributed by atoms with van der Waals surface area (Å²) in [6, 6.07) is 69.4. The van der Waals surface area contributed by atoms with Crippen molar-refractivity contribution in [2.45, 2.75) is 52.4 Å². The number of nitrogens with zero attached hydrogens (tertiary/aromatic N) is 4. The van der Waals surface area contributed by atoms with Gasteiger partial charge >= 0.3 is 0 Å². The Morgan fingerprint density at radius 1 is 0.371 bits per heavy atom. The Morgan fingerprint density at radius 2 is 0.919 bits per heavy atom. The summed E-state index contributed by atoms with van der Waals surface area (Å²) in [5.74, 6) is 0. The number of hydrogen-bond acceptors (Lipinski definition) is 1. The van der Waals surface area contributed by atoms with Crippen LogP contribution in [0.1, 0.15) is 52.7 Å². The number of hydrogen-bond donors (Lipinski definition) is 0. The number of fused-ring (bicyclic) bond motifs is 8. The zero-order chi connectivity index (χ0) is 42.3. The smallest absolute Gasteiger partial charge is 0.0628 e. The lowest BCUT2D eigenvalue weighted by molar-refractivity contribution is 0.590. The number of anilines is 3. The third-order valence-electron chi connectivity index (χ3n) is 12.8. The SMILES string of the molecule is CC(C)(C)c1ccc(N(c2cccc(-n3c4ccccc4c4c5c(ccc43)ccn5-c3ccccc3)c2)c2ccc3c(c2)c2ccccc2n3-c2ccc(C(C)(C)C)cc2)cc1. The number of rotatable bonds is 6. The van der Waals surface area contributed by atoms with Gasteiger partial charge in [0.15, 0.2) is 0 Å². The fourth-order valence-corrected chi connectivity index (χ4v) is 9.58. The lowest BCUT2D eigenvalue weighted by Crippen LogP contribution is -2.13. The van der Waals surface area contributed by atoms with Gasteiger partial charge in [0.25, 0.3) is 0 Å². The molecule has 11 rings (SSSR count). The van der Waals surface area contributed by atoms with E-state index in [1.807, 2.05) is 0 Å². The van der Waals surface area contributed by atoms with Gasteiger partial charge in [-0.1, -0.05) is 133 Å². The lowest BCUT2D eigenvalue weighted by Gasteiger charge is -2.27. The fraction of sp³-hybridized carbons (Fsp3) is 0.138. The van der Waals surface area contributed by atoms with Crippen molar-refractivity contribution in [2.24, 2.45) is 0 Å². The highest BCUT2D eigenvalue weighted by atomic mass is 15.1. The van der Waals surface area contributed by atoms with Gasteiger partial charge in [-0.25, -0.2) is 0 Å². The van der Waals surface area contributed by atoms with Crippen molar-refractivity contribution in [2.75, 3.05) is 4.90 Å². The summed E-state index contributed by atoms with van der Waals surface area (Å²) in [5, 5.41) is 6.17. The number of benzene rings is 8. The molecule has 0 aliphatic rings. The molecule has 8 aromatic carbocycles. The minimum atomic E-state index is 0.0391. The first-order chi connectivity index (χ1) is 30.0. The highest BCUT2D eigenvalue weighted by Gasteiger charge is 2.22. The molecule has 0 N–H and O–H groups in total. The lowest BCUT2D eigenvalue weighted by atomic mass is 9.87. The molecular formula is C58H50N4.